The predicted octanol–water partition coefficient (Wildman–Crippen LogP) is 2.90. The molecule has 162 valence electrons. The second-order valence-electron chi connectivity index (χ2n) is 8.22. The number of amides is 1. The van der Waals surface area contributed by atoms with Crippen LogP contribution in [0.15, 0.2) is 35.5 Å². The van der Waals surface area contributed by atoms with Crippen molar-refractivity contribution in [1.29, 1.82) is 5.26 Å². The van der Waals surface area contributed by atoms with Crippen LogP contribution in [0, 0.1) is 11.3 Å². The maximum absolute atomic E-state index is 12.2. The van der Waals surface area contributed by atoms with Gasteiger partial charge in [0.1, 0.15) is 23.5 Å². The molecule has 2 rings (SSSR count). The van der Waals surface area contributed by atoms with Crippen LogP contribution in [0.25, 0.3) is 0 Å². The number of aliphatic imine (C=N–C) groups is 1. The molecule has 1 unspecified atom stereocenters. The van der Waals surface area contributed by atoms with E-state index in [0.29, 0.717) is 43.0 Å². The lowest BCUT2D eigenvalue weighted by Crippen LogP contribution is -2.44. The van der Waals surface area contributed by atoms with Gasteiger partial charge in [0.25, 0.3) is 0 Å². The molecule has 1 saturated heterocycles. The number of benzene rings is 1. The van der Waals surface area contributed by atoms with Gasteiger partial charge in [-0.2, -0.15) is 5.26 Å². The Balaban J connectivity index is 2.06. The topological polar surface area (TPSA) is 127 Å². The van der Waals surface area contributed by atoms with Gasteiger partial charge in [-0.1, -0.05) is 0 Å². The Labute approximate surface area is 178 Å². The summed E-state index contributed by atoms with van der Waals surface area (Å²) in [6, 6.07) is 7.48. The first-order valence-corrected chi connectivity index (χ1v) is 10.0. The second kappa shape index (κ2) is 10.1. The van der Waals surface area contributed by atoms with Crippen molar-refractivity contribution in [1.82, 2.24) is 4.90 Å². The van der Waals surface area contributed by atoms with E-state index in [-0.39, 0.29) is 12.2 Å². The van der Waals surface area contributed by atoms with Crippen molar-refractivity contribution in [3.8, 4) is 11.8 Å². The summed E-state index contributed by atoms with van der Waals surface area (Å²) in [5.41, 5.74) is 12.5. The minimum atomic E-state index is -0.517. The van der Waals surface area contributed by atoms with Crippen LogP contribution in [0.5, 0.6) is 5.75 Å². The first-order valence-electron chi connectivity index (χ1n) is 10.0. The number of likely N-dealkylation sites (tertiary alicyclic amines) is 1. The number of hydrogen-bond donors (Lipinski definition) is 2. The fraction of sp³-hybridized carbons (Fsp3) is 0.500. The third-order valence-electron chi connectivity index (χ3n) is 4.38. The molecular formula is C22H31N5O3. The molecule has 1 amide bonds. The molecule has 0 aromatic heterocycles. The summed E-state index contributed by atoms with van der Waals surface area (Å²) in [6.07, 6.45) is 3.58. The first kappa shape index (κ1) is 23.2. The van der Waals surface area contributed by atoms with Crippen LogP contribution in [-0.4, -0.2) is 47.7 Å². The van der Waals surface area contributed by atoms with Gasteiger partial charge in [0.2, 0.25) is 0 Å². The van der Waals surface area contributed by atoms with Gasteiger partial charge in [0.15, 0.2) is 0 Å². The van der Waals surface area contributed by atoms with Crippen LogP contribution in [0.1, 0.15) is 51.7 Å². The van der Waals surface area contributed by atoms with Gasteiger partial charge in [-0.25, -0.2) is 4.79 Å². The van der Waals surface area contributed by atoms with Crippen LogP contribution in [0.4, 0.5) is 4.79 Å². The fourth-order valence-electron chi connectivity index (χ4n) is 3.07. The summed E-state index contributed by atoms with van der Waals surface area (Å²) in [5.74, 6) is 0.508. The third-order valence-corrected chi connectivity index (χ3v) is 4.38. The molecule has 30 heavy (non-hydrogen) atoms. The van der Waals surface area contributed by atoms with E-state index in [4.69, 9.17) is 20.9 Å². The predicted molar refractivity (Wildman–Crippen MR) is 116 cm³/mol. The molecule has 1 heterocycles. The highest BCUT2D eigenvalue weighted by Gasteiger charge is 2.28. The molecule has 8 nitrogen and oxygen atoms in total. The highest BCUT2D eigenvalue weighted by Crippen LogP contribution is 2.25. The number of nitrogens with two attached hydrogens (primary N) is 2. The van der Waals surface area contributed by atoms with Crippen molar-refractivity contribution in [3.05, 3.63) is 41.6 Å². The molecule has 0 aliphatic carbocycles. The molecule has 0 radical (unpaired) electrons. The number of nitriles is 1. The van der Waals surface area contributed by atoms with Gasteiger partial charge in [0.05, 0.1) is 17.4 Å². The molecule has 1 aromatic carbocycles. The number of piperidine rings is 1. The molecule has 8 heteroatoms. The van der Waals surface area contributed by atoms with E-state index in [0.717, 1.165) is 5.56 Å². The number of ether oxygens (including phenoxy) is 2. The van der Waals surface area contributed by atoms with E-state index in [9.17, 15) is 10.1 Å². The summed E-state index contributed by atoms with van der Waals surface area (Å²) in [5, 5.41) is 9.58. The Bertz CT molecular complexity index is 841. The maximum Gasteiger partial charge on any atom is 0.410 e. The zero-order valence-corrected chi connectivity index (χ0v) is 18.1. The first-order chi connectivity index (χ1) is 14.1. The normalized spacial score (nSPS) is 16.9. The molecule has 0 spiro atoms. The van der Waals surface area contributed by atoms with Gasteiger partial charge in [-0.15, -0.1) is 0 Å². The lowest BCUT2D eigenvalue weighted by molar-refractivity contribution is 0.0126. The van der Waals surface area contributed by atoms with Crippen LogP contribution in [0.3, 0.4) is 0 Å². The van der Waals surface area contributed by atoms with E-state index >= 15 is 0 Å². The second-order valence-corrected chi connectivity index (χ2v) is 8.22. The SMILES string of the molecule is CC(N)N=C(/C=C\N)c1ccc(OC2CCN(C(=O)OC(C)(C)C)CC2)c(C#N)c1. The van der Waals surface area contributed by atoms with Crippen molar-refractivity contribution in [2.24, 2.45) is 16.5 Å². The Morgan fingerprint density at radius 1 is 1.37 bits per heavy atom. The molecule has 1 atom stereocenters. The van der Waals surface area contributed by atoms with E-state index < -0.39 is 11.8 Å². The summed E-state index contributed by atoms with van der Waals surface area (Å²) in [4.78, 5) is 18.2. The van der Waals surface area contributed by atoms with Crippen LogP contribution in [0.2, 0.25) is 0 Å². The highest BCUT2D eigenvalue weighted by molar-refractivity contribution is 6.09. The van der Waals surface area contributed by atoms with E-state index in [2.05, 4.69) is 11.1 Å². The molecule has 0 saturated carbocycles. The van der Waals surface area contributed by atoms with Gasteiger partial charge >= 0.3 is 6.09 Å². The number of carbonyl (C=O) groups excluding carboxylic acids is 1. The van der Waals surface area contributed by atoms with Gasteiger partial charge < -0.3 is 25.8 Å². The lowest BCUT2D eigenvalue weighted by atomic mass is 10.0. The minimum absolute atomic E-state index is 0.0808. The van der Waals surface area contributed by atoms with E-state index in [1.54, 1.807) is 30.0 Å². The smallest absolute Gasteiger partial charge is 0.410 e. The number of nitrogens with zero attached hydrogens (tertiary/aromatic N) is 3. The largest absolute Gasteiger partial charge is 0.489 e. The van der Waals surface area contributed by atoms with Crippen LogP contribution < -0.4 is 16.2 Å². The maximum atomic E-state index is 12.2. The standard InChI is InChI=1S/C22H31N5O3/c1-15(25)26-19(7-10-23)16-5-6-20(17(13-16)14-24)29-18-8-11-27(12-9-18)21(28)30-22(2,3)4/h5-7,10,13,15,18H,8-9,11-12,23,25H2,1-4H3/b10-7-,26-19?. The summed E-state index contributed by atoms with van der Waals surface area (Å²) >= 11 is 0. The number of allylic oxidation sites excluding steroid dienone is 1. The lowest BCUT2D eigenvalue weighted by Gasteiger charge is -2.33. The van der Waals surface area contributed by atoms with Gasteiger partial charge in [-0.3, -0.25) is 4.99 Å². The molecule has 1 aliphatic rings. The van der Waals surface area contributed by atoms with Gasteiger partial charge in [-0.05, 0) is 58.2 Å². The van der Waals surface area contributed by atoms with Crippen molar-refractivity contribution >= 4 is 11.8 Å². The zero-order valence-electron chi connectivity index (χ0n) is 18.1. The Kier molecular flexibility index (Phi) is 7.84. The quantitative estimate of drug-likeness (QED) is 0.715. The molecular weight excluding hydrogens is 382 g/mol. The minimum Gasteiger partial charge on any atom is -0.489 e. The van der Waals surface area contributed by atoms with Crippen molar-refractivity contribution in [2.75, 3.05) is 13.1 Å². The molecule has 1 aliphatic heterocycles. The molecule has 1 fully saturated rings. The zero-order chi connectivity index (χ0) is 22.3. The Morgan fingerprint density at radius 3 is 2.57 bits per heavy atom. The van der Waals surface area contributed by atoms with Crippen LogP contribution in [-0.2, 0) is 4.74 Å². The van der Waals surface area contributed by atoms with Crippen LogP contribution >= 0.6 is 0 Å². The van der Waals surface area contributed by atoms with Crippen molar-refractivity contribution < 1.29 is 14.3 Å². The Morgan fingerprint density at radius 2 is 2.03 bits per heavy atom. The van der Waals surface area contributed by atoms with Gasteiger partial charge in [0, 0.05) is 31.5 Å². The summed E-state index contributed by atoms with van der Waals surface area (Å²) in [7, 11) is 0. The van der Waals surface area contributed by atoms with E-state index in [1.165, 1.54) is 6.20 Å². The molecule has 4 N–H and O–H groups in total. The van der Waals surface area contributed by atoms with Crippen molar-refractivity contribution in [2.45, 2.75) is 58.4 Å². The monoisotopic (exact) mass is 413 g/mol. The molecule has 1 aromatic rings. The molecule has 0 bridgehead atoms. The van der Waals surface area contributed by atoms with E-state index in [1.807, 2.05) is 26.8 Å². The number of hydrogen-bond acceptors (Lipinski definition) is 7. The number of rotatable bonds is 5. The highest BCUT2D eigenvalue weighted by atomic mass is 16.6. The average molecular weight is 414 g/mol. The summed E-state index contributed by atoms with van der Waals surface area (Å²) in [6.45, 7) is 8.40. The van der Waals surface area contributed by atoms with Crippen molar-refractivity contribution in [3.63, 3.8) is 0 Å². The summed E-state index contributed by atoms with van der Waals surface area (Å²) < 4.78 is 11.5. The average Bonchev–Trinajstić information content (AvgIpc) is 2.67. The third kappa shape index (κ3) is 6.78. The Hall–Kier alpha value is -3.05. The number of carbonyl (C=O) groups is 1. The fourth-order valence-corrected chi connectivity index (χ4v) is 3.07.